The van der Waals surface area contributed by atoms with E-state index in [4.69, 9.17) is 0 Å². The van der Waals surface area contributed by atoms with Gasteiger partial charge in [-0.25, -0.2) is 4.39 Å². The molecular formula is C22H23FN2O2. The van der Waals surface area contributed by atoms with E-state index in [2.05, 4.69) is 0 Å². The quantitative estimate of drug-likeness (QED) is 0.776. The van der Waals surface area contributed by atoms with Gasteiger partial charge in [-0.2, -0.15) is 0 Å². The predicted octanol–water partition coefficient (Wildman–Crippen LogP) is 3.57. The summed E-state index contributed by atoms with van der Waals surface area (Å²) in [7, 11) is 0. The van der Waals surface area contributed by atoms with Crippen LogP contribution >= 0.6 is 0 Å². The lowest BCUT2D eigenvalue weighted by Crippen LogP contribution is -2.36. The number of carbonyl (C=O) groups excluding carboxylic acids is 2. The fraction of sp³-hybridized carbons (Fsp3) is 0.273. The first kappa shape index (κ1) is 18.8. The van der Waals surface area contributed by atoms with E-state index in [9.17, 15) is 14.0 Å². The Bertz CT molecular complexity index is 848. The van der Waals surface area contributed by atoms with Crippen molar-refractivity contribution in [3.8, 4) is 0 Å². The maximum Gasteiger partial charge on any atom is 0.282 e. The van der Waals surface area contributed by atoms with Crippen LogP contribution in [0.15, 0.2) is 60.4 Å². The SMILES string of the molecule is Cc1ccccc1CN1CCN(C(=O)/C(F)=C/c2ccccc2)CCC1=O. The third-order valence-electron chi connectivity index (χ3n) is 4.80. The van der Waals surface area contributed by atoms with Gasteiger partial charge in [0.05, 0.1) is 0 Å². The first-order chi connectivity index (χ1) is 13.0. The van der Waals surface area contributed by atoms with Gasteiger partial charge in [0.2, 0.25) is 5.91 Å². The molecule has 0 bridgehead atoms. The fourth-order valence-electron chi connectivity index (χ4n) is 3.14. The van der Waals surface area contributed by atoms with Crippen molar-refractivity contribution in [3.05, 3.63) is 77.1 Å². The minimum absolute atomic E-state index is 0.0130. The van der Waals surface area contributed by atoms with Gasteiger partial charge >= 0.3 is 0 Å². The Morgan fingerprint density at radius 3 is 2.48 bits per heavy atom. The van der Waals surface area contributed by atoms with Crippen molar-refractivity contribution in [3.63, 3.8) is 0 Å². The molecule has 0 unspecified atom stereocenters. The van der Waals surface area contributed by atoms with Crippen molar-refractivity contribution in [2.75, 3.05) is 19.6 Å². The molecule has 1 aliphatic heterocycles. The summed E-state index contributed by atoms with van der Waals surface area (Å²) in [6.07, 6.45) is 1.44. The Morgan fingerprint density at radius 1 is 1.04 bits per heavy atom. The Labute approximate surface area is 158 Å². The molecule has 140 valence electrons. The highest BCUT2D eigenvalue weighted by atomic mass is 19.1. The lowest BCUT2D eigenvalue weighted by atomic mass is 10.1. The van der Waals surface area contributed by atoms with Crippen LogP contribution in [-0.4, -0.2) is 41.2 Å². The number of aryl methyl sites for hydroxylation is 1. The molecule has 0 N–H and O–H groups in total. The summed E-state index contributed by atoms with van der Waals surface area (Å²) in [5.74, 6) is -1.48. The van der Waals surface area contributed by atoms with E-state index in [0.29, 0.717) is 25.2 Å². The maximum atomic E-state index is 14.4. The number of benzene rings is 2. The molecule has 0 aromatic heterocycles. The van der Waals surface area contributed by atoms with Gasteiger partial charge in [-0.15, -0.1) is 0 Å². The first-order valence-electron chi connectivity index (χ1n) is 9.08. The summed E-state index contributed by atoms with van der Waals surface area (Å²) in [6.45, 7) is 3.48. The van der Waals surface area contributed by atoms with Gasteiger partial charge in [-0.05, 0) is 29.7 Å². The molecule has 2 aromatic rings. The molecule has 1 aliphatic rings. The third kappa shape index (κ3) is 4.82. The van der Waals surface area contributed by atoms with Crippen molar-refractivity contribution in [1.29, 1.82) is 0 Å². The molecule has 1 saturated heterocycles. The molecule has 0 atom stereocenters. The van der Waals surface area contributed by atoms with E-state index in [0.717, 1.165) is 11.1 Å². The lowest BCUT2D eigenvalue weighted by molar-refractivity contribution is -0.130. The molecule has 1 heterocycles. The summed E-state index contributed by atoms with van der Waals surface area (Å²) in [5.41, 5.74) is 2.84. The van der Waals surface area contributed by atoms with Gasteiger partial charge in [0.15, 0.2) is 5.83 Å². The average Bonchev–Trinajstić information content (AvgIpc) is 2.86. The predicted molar refractivity (Wildman–Crippen MR) is 103 cm³/mol. The number of halogens is 1. The average molecular weight is 366 g/mol. The molecule has 2 aromatic carbocycles. The lowest BCUT2D eigenvalue weighted by Gasteiger charge is -2.22. The molecule has 0 spiro atoms. The monoisotopic (exact) mass is 366 g/mol. The van der Waals surface area contributed by atoms with E-state index in [1.165, 1.54) is 11.0 Å². The number of amides is 2. The van der Waals surface area contributed by atoms with E-state index in [1.807, 2.05) is 37.3 Å². The smallest absolute Gasteiger partial charge is 0.282 e. The van der Waals surface area contributed by atoms with Crippen molar-refractivity contribution in [1.82, 2.24) is 9.80 Å². The molecular weight excluding hydrogens is 343 g/mol. The highest BCUT2D eigenvalue weighted by molar-refractivity contribution is 5.96. The minimum atomic E-state index is -0.805. The molecule has 1 fully saturated rings. The maximum absolute atomic E-state index is 14.4. The number of hydrogen-bond acceptors (Lipinski definition) is 2. The zero-order valence-corrected chi connectivity index (χ0v) is 15.4. The normalized spacial score (nSPS) is 15.6. The van der Waals surface area contributed by atoms with Gasteiger partial charge in [-0.1, -0.05) is 54.6 Å². The van der Waals surface area contributed by atoms with Crippen molar-refractivity contribution < 1.29 is 14.0 Å². The van der Waals surface area contributed by atoms with Crippen molar-refractivity contribution in [2.45, 2.75) is 19.9 Å². The van der Waals surface area contributed by atoms with E-state index >= 15 is 0 Å². The third-order valence-corrected chi connectivity index (χ3v) is 4.80. The number of carbonyl (C=O) groups is 2. The zero-order chi connectivity index (χ0) is 19.2. The molecule has 2 amide bonds. The van der Waals surface area contributed by atoms with Crippen LogP contribution in [-0.2, 0) is 16.1 Å². The summed E-state index contributed by atoms with van der Waals surface area (Å²) in [5, 5.41) is 0. The summed E-state index contributed by atoms with van der Waals surface area (Å²) >= 11 is 0. The van der Waals surface area contributed by atoms with Crippen LogP contribution in [0.2, 0.25) is 0 Å². The van der Waals surface area contributed by atoms with Crippen molar-refractivity contribution in [2.24, 2.45) is 0 Å². The highest BCUT2D eigenvalue weighted by Crippen LogP contribution is 2.16. The standard InChI is InChI=1S/C22H23FN2O2/c1-17-7-5-6-10-19(17)16-25-14-13-24(12-11-21(25)26)22(27)20(23)15-18-8-3-2-4-9-18/h2-10,15H,11-14,16H2,1H3/b20-15-. The summed E-state index contributed by atoms with van der Waals surface area (Å²) in [6, 6.07) is 16.8. The molecule has 0 aliphatic carbocycles. The Hall–Kier alpha value is -2.95. The molecule has 5 heteroatoms. The Morgan fingerprint density at radius 2 is 1.74 bits per heavy atom. The van der Waals surface area contributed by atoms with E-state index in [-0.39, 0.29) is 18.9 Å². The van der Waals surface area contributed by atoms with E-state index < -0.39 is 11.7 Å². The van der Waals surface area contributed by atoms with Crippen LogP contribution in [0.1, 0.15) is 23.1 Å². The van der Waals surface area contributed by atoms with Crippen LogP contribution in [0.3, 0.4) is 0 Å². The first-order valence-corrected chi connectivity index (χ1v) is 9.08. The van der Waals surface area contributed by atoms with Gasteiger partial charge in [-0.3, -0.25) is 9.59 Å². The summed E-state index contributed by atoms with van der Waals surface area (Å²) < 4.78 is 14.4. The van der Waals surface area contributed by atoms with Crippen molar-refractivity contribution >= 4 is 17.9 Å². The van der Waals surface area contributed by atoms with Gasteiger partial charge < -0.3 is 9.80 Å². The Balaban J connectivity index is 1.66. The van der Waals surface area contributed by atoms with Crippen LogP contribution < -0.4 is 0 Å². The molecule has 4 nitrogen and oxygen atoms in total. The van der Waals surface area contributed by atoms with Crippen LogP contribution in [0.5, 0.6) is 0 Å². The second-order valence-corrected chi connectivity index (χ2v) is 6.69. The largest absolute Gasteiger partial charge is 0.337 e. The molecule has 27 heavy (non-hydrogen) atoms. The van der Waals surface area contributed by atoms with Crippen LogP contribution in [0.4, 0.5) is 4.39 Å². The fourth-order valence-corrected chi connectivity index (χ4v) is 3.14. The number of nitrogens with zero attached hydrogens (tertiary/aromatic N) is 2. The minimum Gasteiger partial charge on any atom is -0.337 e. The molecule has 3 rings (SSSR count). The second kappa shape index (κ2) is 8.62. The number of hydrogen-bond donors (Lipinski definition) is 0. The Kier molecular flexibility index (Phi) is 6.01. The number of rotatable bonds is 4. The topological polar surface area (TPSA) is 40.6 Å². The molecule has 0 radical (unpaired) electrons. The zero-order valence-electron chi connectivity index (χ0n) is 15.4. The van der Waals surface area contributed by atoms with Crippen LogP contribution in [0.25, 0.3) is 6.08 Å². The van der Waals surface area contributed by atoms with Gasteiger partial charge in [0, 0.05) is 32.6 Å². The highest BCUT2D eigenvalue weighted by Gasteiger charge is 2.26. The summed E-state index contributed by atoms with van der Waals surface area (Å²) in [4.78, 5) is 28.0. The van der Waals surface area contributed by atoms with Gasteiger partial charge in [0.25, 0.3) is 5.91 Å². The van der Waals surface area contributed by atoms with Crippen LogP contribution in [0, 0.1) is 6.92 Å². The molecule has 0 saturated carbocycles. The van der Waals surface area contributed by atoms with E-state index in [1.54, 1.807) is 29.2 Å². The van der Waals surface area contributed by atoms with Gasteiger partial charge in [0.1, 0.15) is 0 Å². The second-order valence-electron chi connectivity index (χ2n) is 6.69.